The van der Waals surface area contributed by atoms with Crippen molar-refractivity contribution in [3.63, 3.8) is 0 Å². The summed E-state index contributed by atoms with van der Waals surface area (Å²) < 4.78 is 0. The fraction of sp³-hybridized carbons (Fsp3) is 0.360. The Balaban J connectivity index is 1.47. The number of pyridine rings is 1. The number of nitrogens with zero attached hydrogens (tertiary/aromatic N) is 2. The SMILES string of the molecule is Cc1c(CC(=O)N2CC3(CCCNC3)C2)c(-c2ccccc2)nc2ccccc12. The van der Waals surface area contributed by atoms with E-state index in [-0.39, 0.29) is 5.91 Å². The Hall–Kier alpha value is -2.72. The molecule has 1 amide bonds. The number of carbonyl (C=O) groups excluding carboxylic acids is 1. The van der Waals surface area contributed by atoms with Gasteiger partial charge in [-0.25, -0.2) is 4.98 Å². The maximum Gasteiger partial charge on any atom is 0.227 e. The average Bonchev–Trinajstić information content (AvgIpc) is 2.75. The smallest absolute Gasteiger partial charge is 0.227 e. The maximum atomic E-state index is 13.2. The van der Waals surface area contributed by atoms with Crippen LogP contribution in [0.5, 0.6) is 0 Å². The lowest BCUT2D eigenvalue weighted by atomic mass is 9.74. The fourth-order valence-electron chi connectivity index (χ4n) is 4.97. The summed E-state index contributed by atoms with van der Waals surface area (Å²) in [5.41, 5.74) is 5.52. The molecule has 0 radical (unpaired) electrons. The second kappa shape index (κ2) is 7.27. The van der Waals surface area contributed by atoms with Crippen molar-refractivity contribution in [2.45, 2.75) is 26.2 Å². The quantitative estimate of drug-likeness (QED) is 0.742. The second-order valence-electron chi connectivity index (χ2n) is 8.65. The summed E-state index contributed by atoms with van der Waals surface area (Å²) in [6, 6.07) is 18.5. The van der Waals surface area contributed by atoms with Crippen LogP contribution in [0.3, 0.4) is 0 Å². The van der Waals surface area contributed by atoms with Crippen molar-refractivity contribution in [3.8, 4) is 11.3 Å². The Bertz CT molecular complexity index is 1050. The van der Waals surface area contributed by atoms with Crippen molar-refractivity contribution in [1.29, 1.82) is 0 Å². The van der Waals surface area contributed by atoms with Crippen LogP contribution in [0, 0.1) is 12.3 Å². The van der Waals surface area contributed by atoms with Crippen LogP contribution < -0.4 is 5.32 Å². The number of hydrogen-bond donors (Lipinski definition) is 1. The molecule has 2 saturated heterocycles. The Morgan fingerprint density at radius 1 is 1.10 bits per heavy atom. The second-order valence-corrected chi connectivity index (χ2v) is 8.65. The third kappa shape index (κ3) is 3.32. The van der Waals surface area contributed by atoms with Gasteiger partial charge in [0.2, 0.25) is 5.91 Å². The molecular formula is C25H27N3O. The van der Waals surface area contributed by atoms with Gasteiger partial charge in [-0.3, -0.25) is 4.79 Å². The number of fused-ring (bicyclic) bond motifs is 1. The maximum absolute atomic E-state index is 13.2. The molecule has 29 heavy (non-hydrogen) atoms. The molecule has 0 atom stereocenters. The molecule has 0 bridgehead atoms. The van der Waals surface area contributed by atoms with E-state index in [1.807, 2.05) is 35.2 Å². The van der Waals surface area contributed by atoms with E-state index in [1.165, 1.54) is 12.8 Å². The molecule has 4 heteroatoms. The third-order valence-corrected chi connectivity index (χ3v) is 6.62. The highest BCUT2D eigenvalue weighted by Gasteiger charge is 2.45. The van der Waals surface area contributed by atoms with Gasteiger partial charge < -0.3 is 10.2 Å². The van der Waals surface area contributed by atoms with Crippen molar-refractivity contribution < 1.29 is 4.79 Å². The predicted molar refractivity (Wildman–Crippen MR) is 117 cm³/mol. The van der Waals surface area contributed by atoms with Gasteiger partial charge in [-0.2, -0.15) is 0 Å². The van der Waals surface area contributed by atoms with Crippen molar-refractivity contribution in [2.24, 2.45) is 5.41 Å². The minimum absolute atomic E-state index is 0.221. The first-order valence-corrected chi connectivity index (χ1v) is 10.6. The van der Waals surface area contributed by atoms with Crippen LogP contribution in [0.25, 0.3) is 22.2 Å². The number of amides is 1. The summed E-state index contributed by atoms with van der Waals surface area (Å²) in [7, 11) is 0. The number of piperidine rings is 1. The molecule has 4 nitrogen and oxygen atoms in total. The van der Waals surface area contributed by atoms with Gasteiger partial charge in [0.1, 0.15) is 0 Å². The summed E-state index contributed by atoms with van der Waals surface area (Å²) in [5, 5.41) is 4.63. The molecule has 0 saturated carbocycles. The van der Waals surface area contributed by atoms with Gasteiger partial charge in [-0.05, 0) is 43.5 Å². The molecule has 2 aliphatic heterocycles. The highest BCUT2D eigenvalue weighted by atomic mass is 16.2. The molecule has 0 unspecified atom stereocenters. The van der Waals surface area contributed by atoms with Gasteiger partial charge in [0.25, 0.3) is 0 Å². The van der Waals surface area contributed by atoms with E-state index in [0.717, 1.165) is 59.5 Å². The van der Waals surface area contributed by atoms with E-state index in [1.54, 1.807) is 0 Å². The molecule has 148 valence electrons. The first-order chi connectivity index (χ1) is 14.2. The minimum Gasteiger partial charge on any atom is -0.341 e. The van der Waals surface area contributed by atoms with E-state index in [9.17, 15) is 4.79 Å². The lowest BCUT2D eigenvalue weighted by molar-refractivity contribution is -0.143. The molecule has 2 fully saturated rings. The van der Waals surface area contributed by atoms with Crippen LogP contribution in [0.1, 0.15) is 24.0 Å². The molecule has 3 heterocycles. The minimum atomic E-state index is 0.221. The zero-order valence-electron chi connectivity index (χ0n) is 16.9. The van der Waals surface area contributed by atoms with Gasteiger partial charge in [-0.15, -0.1) is 0 Å². The lowest BCUT2D eigenvalue weighted by Gasteiger charge is -2.52. The fourth-order valence-corrected chi connectivity index (χ4v) is 4.97. The molecule has 0 aliphatic carbocycles. The van der Waals surface area contributed by atoms with Gasteiger partial charge in [0.05, 0.1) is 17.6 Å². The summed E-state index contributed by atoms with van der Waals surface area (Å²) in [6.07, 6.45) is 2.86. The number of likely N-dealkylation sites (tertiary alicyclic amines) is 1. The Morgan fingerprint density at radius 3 is 2.62 bits per heavy atom. The zero-order valence-corrected chi connectivity index (χ0v) is 16.9. The van der Waals surface area contributed by atoms with Crippen LogP contribution in [0.15, 0.2) is 54.6 Å². The molecule has 5 rings (SSSR count). The van der Waals surface area contributed by atoms with Crippen molar-refractivity contribution >= 4 is 16.8 Å². The van der Waals surface area contributed by atoms with E-state index >= 15 is 0 Å². The number of carbonyl (C=O) groups is 1. The first-order valence-electron chi connectivity index (χ1n) is 10.6. The molecular weight excluding hydrogens is 358 g/mol. The van der Waals surface area contributed by atoms with Crippen LogP contribution in [-0.2, 0) is 11.2 Å². The third-order valence-electron chi connectivity index (χ3n) is 6.62. The van der Waals surface area contributed by atoms with Crippen molar-refractivity contribution in [1.82, 2.24) is 15.2 Å². The molecule has 2 aliphatic rings. The molecule has 3 aromatic rings. The Kier molecular flexibility index (Phi) is 4.59. The number of para-hydroxylation sites is 1. The standard InChI is InChI=1S/C25H27N3O/c1-18-20-10-5-6-11-22(20)27-24(19-8-3-2-4-9-19)21(18)14-23(29)28-16-25(17-28)12-7-13-26-15-25/h2-6,8-11,26H,7,12-17H2,1H3. The van der Waals surface area contributed by atoms with E-state index in [2.05, 4.69) is 36.5 Å². The van der Waals surface area contributed by atoms with Crippen molar-refractivity contribution in [3.05, 3.63) is 65.7 Å². The number of benzene rings is 2. The lowest BCUT2D eigenvalue weighted by Crippen LogP contribution is -2.63. The van der Waals surface area contributed by atoms with Gasteiger partial charge in [0.15, 0.2) is 0 Å². The van der Waals surface area contributed by atoms with Gasteiger partial charge >= 0.3 is 0 Å². The largest absolute Gasteiger partial charge is 0.341 e. The number of hydrogen-bond acceptors (Lipinski definition) is 3. The van der Waals surface area contributed by atoms with Gasteiger partial charge in [0, 0.05) is 36.0 Å². The topological polar surface area (TPSA) is 45.2 Å². The van der Waals surface area contributed by atoms with Crippen LogP contribution >= 0.6 is 0 Å². The van der Waals surface area contributed by atoms with Gasteiger partial charge in [-0.1, -0.05) is 48.5 Å². The zero-order chi connectivity index (χ0) is 19.8. The Labute approximate surface area is 171 Å². The Morgan fingerprint density at radius 2 is 1.86 bits per heavy atom. The van der Waals surface area contributed by atoms with Crippen LogP contribution in [-0.4, -0.2) is 42.0 Å². The summed E-state index contributed by atoms with van der Waals surface area (Å²) in [6.45, 7) is 6.06. The number of aryl methyl sites for hydroxylation is 1. The number of nitrogens with one attached hydrogen (secondary N) is 1. The van der Waals surface area contributed by atoms with Crippen LogP contribution in [0.4, 0.5) is 0 Å². The van der Waals surface area contributed by atoms with Crippen molar-refractivity contribution in [2.75, 3.05) is 26.2 Å². The van der Waals surface area contributed by atoms with E-state index in [0.29, 0.717) is 11.8 Å². The highest BCUT2D eigenvalue weighted by Crippen LogP contribution is 2.37. The number of rotatable bonds is 3. The average molecular weight is 386 g/mol. The summed E-state index contributed by atoms with van der Waals surface area (Å²) >= 11 is 0. The highest BCUT2D eigenvalue weighted by molar-refractivity contribution is 5.90. The van der Waals surface area contributed by atoms with E-state index in [4.69, 9.17) is 4.98 Å². The van der Waals surface area contributed by atoms with E-state index < -0.39 is 0 Å². The molecule has 1 aromatic heterocycles. The summed E-state index contributed by atoms with van der Waals surface area (Å²) in [5.74, 6) is 0.221. The first kappa shape index (κ1) is 18.3. The summed E-state index contributed by atoms with van der Waals surface area (Å²) in [4.78, 5) is 20.2. The monoisotopic (exact) mass is 385 g/mol. The normalized spacial score (nSPS) is 18.0. The number of aromatic nitrogens is 1. The van der Waals surface area contributed by atoms with Crippen LogP contribution in [0.2, 0.25) is 0 Å². The molecule has 1 N–H and O–H groups in total. The predicted octanol–water partition coefficient (Wildman–Crippen LogP) is 3.96. The molecule has 2 aromatic carbocycles. The molecule has 1 spiro atoms.